The van der Waals surface area contributed by atoms with Crippen molar-refractivity contribution in [2.24, 2.45) is 0 Å². The minimum Gasteiger partial charge on any atom is -0.451 e. The molecule has 0 radical (unpaired) electrons. The lowest BCUT2D eigenvalue weighted by Crippen LogP contribution is -2.12. The van der Waals surface area contributed by atoms with Gasteiger partial charge in [0.1, 0.15) is 5.52 Å². The van der Waals surface area contributed by atoms with Crippen LogP contribution in [0.3, 0.4) is 0 Å². The van der Waals surface area contributed by atoms with E-state index < -0.39 is 0 Å². The maximum absolute atomic E-state index is 11.7. The highest BCUT2D eigenvalue weighted by atomic mass is 35.5. The van der Waals surface area contributed by atoms with Crippen molar-refractivity contribution in [3.63, 3.8) is 0 Å². The third kappa shape index (κ3) is 2.96. The number of aromatic nitrogens is 1. The zero-order chi connectivity index (χ0) is 17.6. The number of rotatable bonds is 2. The van der Waals surface area contributed by atoms with Gasteiger partial charge in [0, 0.05) is 29.1 Å². The number of Topliss-reactive ketones (excluding diaryl/α,β-unsaturated/α-hetero) is 1. The van der Waals surface area contributed by atoms with Gasteiger partial charge in [-0.2, -0.15) is 0 Å². The minimum absolute atomic E-state index is 0.100. The number of benzene rings is 1. The summed E-state index contributed by atoms with van der Waals surface area (Å²) in [6, 6.07) is 9.62. The molecule has 2 heterocycles. The maximum Gasteiger partial charge on any atom is 0.195 e. The van der Waals surface area contributed by atoms with Crippen molar-refractivity contribution < 1.29 is 9.21 Å². The molecule has 0 aliphatic carbocycles. The molecule has 0 amide bonds. The van der Waals surface area contributed by atoms with Crippen LogP contribution in [0, 0.1) is 6.92 Å². The van der Waals surface area contributed by atoms with Crippen molar-refractivity contribution in [1.82, 2.24) is 4.98 Å². The first-order valence-electron chi connectivity index (χ1n) is 7.89. The molecule has 0 saturated carbocycles. The van der Waals surface area contributed by atoms with Crippen LogP contribution in [0.5, 0.6) is 0 Å². The fourth-order valence-corrected chi connectivity index (χ4v) is 2.82. The second-order valence-electron chi connectivity index (χ2n) is 7.15. The van der Waals surface area contributed by atoms with E-state index in [0.717, 1.165) is 27.4 Å². The Balaban J connectivity index is 2.29. The van der Waals surface area contributed by atoms with E-state index in [1.54, 1.807) is 6.07 Å². The molecule has 4 heteroatoms. The number of furan rings is 1. The van der Waals surface area contributed by atoms with Crippen molar-refractivity contribution in [2.45, 2.75) is 40.0 Å². The van der Waals surface area contributed by atoms with E-state index in [1.807, 2.05) is 31.2 Å². The summed E-state index contributed by atoms with van der Waals surface area (Å²) < 4.78 is 5.79. The van der Waals surface area contributed by atoms with Gasteiger partial charge < -0.3 is 4.42 Å². The molecule has 0 atom stereocenters. The number of ketones is 1. The highest BCUT2D eigenvalue weighted by Gasteiger charge is 2.23. The molecule has 0 unspecified atom stereocenters. The summed E-state index contributed by atoms with van der Waals surface area (Å²) in [5.41, 5.74) is 5.13. The summed E-state index contributed by atoms with van der Waals surface area (Å²) in [6.45, 7) is 9.83. The van der Waals surface area contributed by atoms with Crippen LogP contribution in [0.2, 0.25) is 5.02 Å². The van der Waals surface area contributed by atoms with Crippen LogP contribution in [0.4, 0.5) is 0 Å². The first-order valence-corrected chi connectivity index (χ1v) is 8.27. The van der Waals surface area contributed by atoms with Gasteiger partial charge in [0.2, 0.25) is 0 Å². The lowest BCUT2D eigenvalue weighted by Gasteiger charge is -2.20. The van der Waals surface area contributed by atoms with Crippen molar-refractivity contribution in [1.29, 1.82) is 0 Å². The highest BCUT2D eigenvalue weighted by molar-refractivity contribution is 6.31. The SMILES string of the molecule is CC(=O)c1cc2nc(-c3ccc(Cl)c(C)c3)cc(C(C)(C)C)c2o1. The lowest BCUT2D eigenvalue weighted by molar-refractivity contribution is 0.0989. The monoisotopic (exact) mass is 341 g/mol. The van der Waals surface area contributed by atoms with Gasteiger partial charge in [0.15, 0.2) is 17.1 Å². The molecule has 0 saturated heterocycles. The molecule has 0 bridgehead atoms. The molecule has 1 aromatic carbocycles. The lowest BCUT2D eigenvalue weighted by atomic mass is 9.86. The molecule has 0 N–H and O–H groups in total. The summed E-state index contributed by atoms with van der Waals surface area (Å²) in [5.74, 6) is 0.240. The Bertz CT molecular complexity index is 948. The van der Waals surface area contributed by atoms with Crippen LogP contribution in [-0.2, 0) is 5.41 Å². The summed E-state index contributed by atoms with van der Waals surface area (Å²) in [6.07, 6.45) is 0. The fraction of sp³-hybridized carbons (Fsp3) is 0.300. The standard InChI is InChI=1S/C20H20ClNO2/c1-11-8-13(6-7-15(11)21)16-9-14(20(3,4)5)19-17(22-16)10-18(24-19)12(2)23/h6-10H,1-5H3. The Labute approximate surface area is 146 Å². The second-order valence-corrected chi connectivity index (χ2v) is 7.56. The van der Waals surface area contributed by atoms with E-state index in [1.165, 1.54) is 6.92 Å². The molecular formula is C20H20ClNO2. The fourth-order valence-electron chi connectivity index (χ4n) is 2.70. The summed E-state index contributed by atoms with van der Waals surface area (Å²) in [4.78, 5) is 16.4. The molecule has 2 aromatic heterocycles. The van der Waals surface area contributed by atoms with Gasteiger partial charge in [0.25, 0.3) is 0 Å². The molecule has 124 valence electrons. The Hall–Kier alpha value is -2.13. The molecule has 3 aromatic rings. The van der Waals surface area contributed by atoms with Crippen molar-refractivity contribution in [2.75, 3.05) is 0 Å². The van der Waals surface area contributed by atoms with Gasteiger partial charge in [-0.05, 0) is 36.1 Å². The van der Waals surface area contributed by atoms with E-state index in [-0.39, 0.29) is 11.2 Å². The van der Waals surface area contributed by atoms with E-state index in [2.05, 4.69) is 20.8 Å². The smallest absolute Gasteiger partial charge is 0.195 e. The highest BCUT2D eigenvalue weighted by Crippen LogP contribution is 2.35. The number of hydrogen-bond donors (Lipinski definition) is 0. The number of nitrogens with zero attached hydrogens (tertiary/aromatic N) is 1. The molecule has 0 spiro atoms. The summed E-state index contributed by atoms with van der Waals surface area (Å²) >= 11 is 6.13. The predicted molar refractivity (Wildman–Crippen MR) is 97.9 cm³/mol. The first kappa shape index (κ1) is 16.7. The number of fused-ring (bicyclic) bond motifs is 1. The number of carbonyl (C=O) groups is 1. The Kier molecular flexibility index (Phi) is 4.00. The number of hydrogen-bond acceptors (Lipinski definition) is 3. The van der Waals surface area contributed by atoms with Crippen LogP contribution >= 0.6 is 11.6 Å². The number of carbonyl (C=O) groups excluding carboxylic acids is 1. The molecule has 0 fully saturated rings. The number of halogens is 1. The second kappa shape index (κ2) is 5.75. The zero-order valence-electron chi connectivity index (χ0n) is 14.5. The van der Waals surface area contributed by atoms with E-state index in [4.69, 9.17) is 21.0 Å². The van der Waals surface area contributed by atoms with Crippen molar-refractivity contribution >= 4 is 28.5 Å². The van der Waals surface area contributed by atoms with Gasteiger partial charge >= 0.3 is 0 Å². The van der Waals surface area contributed by atoms with E-state index >= 15 is 0 Å². The van der Waals surface area contributed by atoms with Crippen LogP contribution < -0.4 is 0 Å². The first-order chi connectivity index (χ1) is 11.2. The van der Waals surface area contributed by atoms with Crippen molar-refractivity contribution in [3.05, 3.63) is 52.2 Å². The molecule has 3 nitrogen and oxygen atoms in total. The Morgan fingerprint density at radius 2 is 1.88 bits per heavy atom. The molecule has 0 aliphatic rings. The quantitative estimate of drug-likeness (QED) is 0.540. The molecular weight excluding hydrogens is 322 g/mol. The van der Waals surface area contributed by atoms with Gasteiger partial charge in [-0.3, -0.25) is 4.79 Å². The van der Waals surface area contributed by atoms with Gasteiger partial charge in [0.05, 0.1) is 5.69 Å². The van der Waals surface area contributed by atoms with Crippen LogP contribution in [0.1, 0.15) is 49.4 Å². The molecule has 0 aliphatic heterocycles. The third-order valence-electron chi connectivity index (χ3n) is 4.09. The summed E-state index contributed by atoms with van der Waals surface area (Å²) in [7, 11) is 0. The largest absolute Gasteiger partial charge is 0.451 e. The zero-order valence-corrected chi connectivity index (χ0v) is 15.3. The van der Waals surface area contributed by atoms with Gasteiger partial charge in [-0.15, -0.1) is 0 Å². The predicted octanol–water partition coefficient (Wildman–Crippen LogP) is 5.96. The average Bonchev–Trinajstić information content (AvgIpc) is 2.92. The molecule has 3 rings (SSSR count). The maximum atomic E-state index is 11.7. The number of pyridine rings is 1. The van der Waals surface area contributed by atoms with Crippen LogP contribution in [0.15, 0.2) is 34.7 Å². The van der Waals surface area contributed by atoms with Crippen molar-refractivity contribution in [3.8, 4) is 11.3 Å². The normalized spacial score (nSPS) is 11.9. The minimum atomic E-state index is -0.136. The Morgan fingerprint density at radius 3 is 2.46 bits per heavy atom. The third-order valence-corrected chi connectivity index (χ3v) is 4.51. The van der Waals surface area contributed by atoms with Gasteiger partial charge in [-0.25, -0.2) is 4.98 Å². The Morgan fingerprint density at radius 1 is 1.17 bits per heavy atom. The summed E-state index contributed by atoms with van der Waals surface area (Å²) in [5, 5.41) is 0.734. The van der Waals surface area contributed by atoms with E-state index in [9.17, 15) is 4.79 Å². The van der Waals surface area contributed by atoms with E-state index in [0.29, 0.717) is 16.9 Å². The molecule has 24 heavy (non-hydrogen) atoms. The van der Waals surface area contributed by atoms with Gasteiger partial charge in [-0.1, -0.05) is 38.4 Å². The average molecular weight is 342 g/mol. The number of aryl methyl sites for hydroxylation is 1. The van der Waals surface area contributed by atoms with Crippen LogP contribution in [-0.4, -0.2) is 10.8 Å². The van der Waals surface area contributed by atoms with Crippen LogP contribution in [0.25, 0.3) is 22.4 Å². The topological polar surface area (TPSA) is 43.1 Å².